The quantitative estimate of drug-likeness (QED) is 0.831. The molecule has 3 N–H and O–H groups in total. The van der Waals surface area contributed by atoms with Gasteiger partial charge in [-0.3, -0.25) is 0 Å². The van der Waals surface area contributed by atoms with Crippen molar-refractivity contribution in [2.45, 2.75) is 26.8 Å². The van der Waals surface area contributed by atoms with Crippen LogP contribution >= 0.6 is 23.8 Å². The highest BCUT2D eigenvalue weighted by Crippen LogP contribution is 2.25. The first-order chi connectivity index (χ1) is 9.88. The summed E-state index contributed by atoms with van der Waals surface area (Å²) in [6.07, 6.45) is 0. The Hall–Kier alpha value is -1.65. The van der Waals surface area contributed by atoms with Crippen molar-refractivity contribution in [3.05, 3.63) is 57.7 Å². The van der Waals surface area contributed by atoms with E-state index in [1.54, 1.807) is 0 Å². The number of nitrogens with one attached hydrogen (secondary N) is 1. The van der Waals surface area contributed by atoms with E-state index in [1.807, 2.05) is 51.1 Å². The zero-order valence-corrected chi connectivity index (χ0v) is 13.8. The van der Waals surface area contributed by atoms with Crippen LogP contribution in [-0.4, -0.2) is 9.97 Å². The van der Waals surface area contributed by atoms with E-state index in [1.165, 1.54) is 0 Å². The maximum Gasteiger partial charge on any atom is 0.137 e. The summed E-state index contributed by atoms with van der Waals surface area (Å²) in [6, 6.07) is 9.76. The molecule has 1 heterocycles. The van der Waals surface area contributed by atoms with Gasteiger partial charge in [-0.25, -0.2) is 4.98 Å². The molecule has 3 nitrogen and oxygen atoms in total. The summed E-state index contributed by atoms with van der Waals surface area (Å²) < 4.78 is 0. The summed E-state index contributed by atoms with van der Waals surface area (Å²) >= 11 is 11.2. The van der Waals surface area contributed by atoms with Crippen molar-refractivity contribution in [1.29, 1.82) is 0 Å². The number of aryl methyl sites for hydroxylation is 2. The number of thiocarbonyl (C=S) groups is 1. The highest BCUT2D eigenvalue weighted by molar-refractivity contribution is 7.80. The molecule has 0 aliphatic carbocycles. The van der Waals surface area contributed by atoms with Gasteiger partial charge in [0.25, 0.3) is 0 Å². The van der Waals surface area contributed by atoms with Gasteiger partial charge in [0.2, 0.25) is 0 Å². The first-order valence-corrected chi connectivity index (χ1v) is 7.47. The van der Waals surface area contributed by atoms with E-state index in [2.05, 4.69) is 10.3 Å². The maximum absolute atomic E-state index is 6.04. The fourth-order valence-corrected chi connectivity index (χ4v) is 2.77. The summed E-state index contributed by atoms with van der Waals surface area (Å²) in [5, 5.41) is 4.09. The summed E-state index contributed by atoms with van der Waals surface area (Å²) in [4.78, 5) is 4.88. The molecule has 0 spiro atoms. The molecule has 1 unspecified atom stereocenters. The number of nitrogens with zero attached hydrogens (tertiary/aromatic N) is 1. The van der Waals surface area contributed by atoms with Crippen molar-refractivity contribution >= 4 is 34.6 Å². The average molecular weight is 320 g/mol. The molecule has 0 saturated carbocycles. The van der Waals surface area contributed by atoms with E-state index in [0.29, 0.717) is 15.8 Å². The van der Waals surface area contributed by atoms with Gasteiger partial charge >= 0.3 is 0 Å². The average Bonchev–Trinajstić information content (AvgIpc) is 2.37. The van der Waals surface area contributed by atoms with Crippen molar-refractivity contribution in [1.82, 2.24) is 4.98 Å². The maximum atomic E-state index is 6.04. The third-order valence-corrected chi connectivity index (χ3v) is 3.73. The molecule has 5 heteroatoms. The molecule has 1 aromatic heterocycles. The molecular formula is C16H18ClN3S. The minimum Gasteiger partial charge on any atom is -0.389 e. The number of pyridine rings is 1. The normalized spacial score (nSPS) is 12.0. The van der Waals surface area contributed by atoms with E-state index in [4.69, 9.17) is 29.6 Å². The van der Waals surface area contributed by atoms with Crippen LogP contribution in [-0.2, 0) is 0 Å². The first-order valence-electron chi connectivity index (χ1n) is 6.68. The molecule has 0 aliphatic rings. The van der Waals surface area contributed by atoms with E-state index in [9.17, 15) is 0 Å². The van der Waals surface area contributed by atoms with Crippen LogP contribution in [0.25, 0.3) is 0 Å². The lowest BCUT2D eigenvalue weighted by atomic mass is 10.1. The molecule has 0 saturated heterocycles. The summed E-state index contributed by atoms with van der Waals surface area (Å²) in [5.41, 5.74) is 9.66. The highest BCUT2D eigenvalue weighted by atomic mass is 35.5. The number of anilines is 1. The minimum atomic E-state index is 0.0468. The lowest BCUT2D eigenvalue weighted by Gasteiger charge is -2.19. The lowest BCUT2D eigenvalue weighted by molar-refractivity contribution is 0.871. The zero-order valence-electron chi connectivity index (χ0n) is 12.3. The Labute approximate surface area is 135 Å². The van der Waals surface area contributed by atoms with Gasteiger partial charge in [0.1, 0.15) is 10.8 Å². The zero-order chi connectivity index (χ0) is 15.6. The summed E-state index contributed by atoms with van der Waals surface area (Å²) in [6.45, 7) is 5.98. The first kappa shape index (κ1) is 15.7. The molecule has 0 bridgehead atoms. The second kappa shape index (κ2) is 6.41. The molecule has 1 aromatic carbocycles. The molecular weight excluding hydrogens is 302 g/mol. The highest BCUT2D eigenvalue weighted by Gasteiger charge is 2.14. The van der Waals surface area contributed by atoms with Crippen LogP contribution in [0.5, 0.6) is 0 Å². The monoisotopic (exact) mass is 319 g/mol. The third kappa shape index (κ3) is 3.71. The van der Waals surface area contributed by atoms with E-state index in [0.717, 1.165) is 22.4 Å². The van der Waals surface area contributed by atoms with Gasteiger partial charge in [0.05, 0.1) is 11.6 Å². The molecule has 2 aromatic rings. The molecule has 0 aliphatic heterocycles. The number of hydrogen-bond acceptors (Lipinski definition) is 3. The van der Waals surface area contributed by atoms with Crippen molar-refractivity contribution in [2.24, 2.45) is 5.73 Å². The van der Waals surface area contributed by atoms with Crippen LogP contribution in [0.2, 0.25) is 5.02 Å². The molecule has 110 valence electrons. The van der Waals surface area contributed by atoms with Gasteiger partial charge in [-0.1, -0.05) is 36.0 Å². The van der Waals surface area contributed by atoms with Crippen LogP contribution < -0.4 is 11.1 Å². The summed E-state index contributed by atoms with van der Waals surface area (Å²) in [7, 11) is 0. The number of benzene rings is 1. The van der Waals surface area contributed by atoms with Crippen LogP contribution in [0, 0.1) is 13.8 Å². The van der Waals surface area contributed by atoms with Gasteiger partial charge < -0.3 is 11.1 Å². The fraction of sp³-hybridized carbons (Fsp3) is 0.250. The van der Waals surface area contributed by atoms with Gasteiger partial charge in [-0.05, 0) is 50.1 Å². The van der Waals surface area contributed by atoms with Gasteiger partial charge in [-0.2, -0.15) is 0 Å². The third-order valence-electron chi connectivity index (χ3n) is 3.29. The predicted molar refractivity (Wildman–Crippen MR) is 93.1 cm³/mol. The Kier molecular flexibility index (Phi) is 4.80. The van der Waals surface area contributed by atoms with Crippen molar-refractivity contribution in [3.8, 4) is 0 Å². The fourth-order valence-electron chi connectivity index (χ4n) is 2.32. The standard InChI is InChI=1S/C16H18ClN3S/c1-9-7-10(2)19-16(14(9)15(18)21)20-11(3)12-5-4-6-13(17)8-12/h4-8,11H,1-3H3,(H2,18,21)(H,19,20). The van der Waals surface area contributed by atoms with Crippen LogP contribution in [0.4, 0.5) is 5.82 Å². The van der Waals surface area contributed by atoms with E-state index >= 15 is 0 Å². The van der Waals surface area contributed by atoms with Gasteiger partial charge in [0.15, 0.2) is 0 Å². The molecule has 21 heavy (non-hydrogen) atoms. The van der Waals surface area contributed by atoms with Crippen molar-refractivity contribution < 1.29 is 0 Å². The Balaban J connectivity index is 2.37. The SMILES string of the molecule is Cc1cc(C)c(C(N)=S)c(NC(C)c2cccc(Cl)c2)n1. The predicted octanol–water partition coefficient (Wildman–Crippen LogP) is 4.16. The Bertz CT molecular complexity index is 685. The van der Waals surface area contributed by atoms with Crippen LogP contribution in [0.3, 0.4) is 0 Å². The summed E-state index contributed by atoms with van der Waals surface area (Å²) in [5.74, 6) is 0.715. The van der Waals surface area contributed by atoms with Crippen LogP contribution in [0.1, 0.15) is 35.3 Å². The molecule has 2 rings (SSSR count). The second-order valence-corrected chi connectivity index (χ2v) is 5.97. The van der Waals surface area contributed by atoms with Gasteiger partial charge in [0, 0.05) is 10.7 Å². The topological polar surface area (TPSA) is 50.9 Å². The Morgan fingerprint density at radius 1 is 1.33 bits per heavy atom. The number of nitrogens with two attached hydrogens (primary N) is 1. The van der Waals surface area contributed by atoms with Crippen LogP contribution in [0.15, 0.2) is 30.3 Å². The largest absolute Gasteiger partial charge is 0.389 e. The Morgan fingerprint density at radius 2 is 2.05 bits per heavy atom. The van der Waals surface area contributed by atoms with Crippen molar-refractivity contribution in [3.63, 3.8) is 0 Å². The molecule has 0 fully saturated rings. The lowest BCUT2D eigenvalue weighted by Crippen LogP contribution is -2.18. The molecule has 1 atom stereocenters. The number of aromatic nitrogens is 1. The second-order valence-electron chi connectivity index (χ2n) is 5.09. The number of halogens is 1. The minimum absolute atomic E-state index is 0.0468. The molecule has 0 amide bonds. The smallest absolute Gasteiger partial charge is 0.137 e. The van der Waals surface area contributed by atoms with E-state index in [-0.39, 0.29) is 6.04 Å². The molecule has 0 radical (unpaired) electrons. The number of rotatable bonds is 4. The van der Waals surface area contributed by atoms with E-state index < -0.39 is 0 Å². The van der Waals surface area contributed by atoms with Gasteiger partial charge in [-0.15, -0.1) is 0 Å². The van der Waals surface area contributed by atoms with Crippen molar-refractivity contribution in [2.75, 3.05) is 5.32 Å². The number of hydrogen-bond donors (Lipinski definition) is 2. The Morgan fingerprint density at radius 3 is 2.67 bits per heavy atom.